The number of carbonyl (C=O) groups is 1. The smallest absolute Gasteiger partial charge is 0.329 e. The lowest BCUT2D eigenvalue weighted by molar-refractivity contribution is -0.117. The third-order valence-electron chi connectivity index (χ3n) is 5.95. The van der Waals surface area contributed by atoms with Gasteiger partial charge in [0, 0.05) is 62.4 Å². The summed E-state index contributed by atoms with van der Waals surface area (Å²) in [5.41, 5.74) is 3.26. The Bertz CT molecular complexity index is 1120. The Morgan fingerprint density at radius 3 is 2.18 bits per heavy atom. The molecule has 0 N–H and O–H groups in total. The molecule has 178 valence electrons. The third-order valence-corrected chi connectivity index (χ3v) is 5.95. The number of rotatable bonds is 8. The minimum Gasteiger partial charge on any atom is -0.388 e. The van der Waals surface area contributed by atoms with Crippen LogP contribution >= 0.6 is 0 Å². The Labute approximate surface area is 200 Å². The second-order valence-corrected chi connectivity index (χ2v) is 8.61. The number of ether oxygens (including phenoxy) is 1. The van der Waals surface area contributed by atoms with Crippen molar-refractivity contribution in [2.45, 2.75) is 40.0 Å². The first-order valence-corrected chi connectivity index (χ1v) is 11.7. The largest absolute Gasteiger partial charge is 0.388 e. The van der Waals surface area contributed by atoms with Crippen LogP contribution in [0.4, 0.5) is 5.95 Å². The fourth-order valence-electron chi connectivity index (χ4n) is 3.91. The van der Waals surface area contributed by atoms with Crippen LogP contribution in [0.3, 0.4) is 0 Å². The maximum atomic E-state index is 12.6. The molecule has 0 unspecified atom stereocenters. The molecule has 4 rings (SSSR count). The van der Waals surface area contributed by atoms with Gasteiger partial charge in [-0.05, 0) is 26.5 Å². The van der Waals surface area contributed by atoms with Crippen molar-refractivity contribution >= 4 is 11.7 Å². The van der Waals surface area contributed by atoms with E-state index in [1.165, 1.54) is 0 Å². The maximum Gasteiger partial charge on any atom is 0.329 e. The second kappa shape index (κ2) is 10.6. The van der Waals surface area contributed by atoms with Crippen LogP contribution in [0.1, 0.15) is 35.3 Å². The number of likely N-dealkylation sites (N-methyl/N-ethyl adjacent to an activating group) is 1. The number of ketones is 1. The van der Waals surface area contributed by atoms with Crippen LogP contribution < -0.4 is 9.64 Å². The van der Waals surface area contributed by atoms with Crippen LogP contribution in [0.2, 0.25) is 0 Å². The lowest BCUT2D eigenvalue weighted by atomic mass is 10.0. The van der Waals surface area contributed by atoms with E-state index < -0.39 is 0 Å². The first-order chi connectivity index (χ1) is 16.4. The Hall–Kier alpha value is -3.46. The van der Waals surface area contributed by atoms with Crippen molar-refractivity contribution in [1.82, 2.24) is 29.8 Å². The van der Waals surface area contributed by atoms with Crippen molar-refractivity contribution in [2.24, 2.45) is 0 Å². The summed E-state index contributed by atoms with van der Waals surface area (Å²) in [6.45, 7) is 9.34. The normalized spacial score (nSPS) is 14.3. The summed E-state index contributed by atoms with van der Waals surface area (Å²) in [4.78, 5) is 39.6. The summed E-state index contributed by atoms with van der Waals surface area (Å²) in [6.07, 6.45) is 1.34. The van der Waals surface area contributed by atoms with E-state index in [0.29, 0.717) is 36.0 Å². The number of hydrogen-bond donors (Lipinski definition) is 0. The molecule has 34 heavy (non-hydrogen) atoms. The van der Waals surface area contributed by atoms with E-state index in [9.17, 15) is 4.79 Å². The highest BCUT2D eigenvalue weighted by Crippen LogP contribution is 2.21. The summed E-state index contributed by atoms with van der Waals surface area (Å²) in [5, 5.41) is 0. The summed E-state index contributed by atoms with van der Waals surface area (Å²) in [5.74, 6) is 1.40. The van der Waals surface area contributed by atoms with E-state index >= 15 is 0 Å². The minimum absolute atomic E-state index is 0.122. The van der Waals surface area contributed by atoms with Gasteiger partial charge < -0.3 is 14.5 Å². The topological polar surface area (TPSA) is 97.2 Å². The average molecular weight is 462 g/mol. The Morgan fingerprint density at radius 2 is 1.53 bits per heavy atom. The number of piperazine rings is 1. The number of benzene rings is 1. The highest BCUT2D eigenvalue weighted by atomic mass is 16.5. The fraction of sp³-hybridized carbons (Fsp3) is 0.440. The molecule has 0 radical (unpaired) electrons. The number of hydrogen-bond acceptors (Lipinski definition) is 9. The van der Waals surface area contributed by atoms with Crippen molar-refractivity contribution in [3.8, 4) is 12.0 Å². The highest BCUT2D eigenvalue weighted by Gasteiger charge is 2.20. The minimum atomic E-state index is 0.122. The van der Waals surface area contributed by atoms with E-state index in [0.717, 1.165) is 37.3 Å². The zero-order chi connectivity index (χ0) is 24.1. The monoisotopic (exact) mass is 461 g/mol. The molecule has 0 bridgehead atoms. The van der Waals surface area contributed by atoms with Crippen molar-refractivity contribution in [2.75, 3.05) is 38.1 Å². The molecule has 0 saturated carbocycles. The molecule has 9 nitrogen and oxygen atoms in total. The molecule has 0 atom stereocenters. The number of aromatic nitrogens is 5. The number of aryl methyl sites for hydroxylation is 3. The van der Waals surface area contributed by atoms with Gasteiger partial charge in [0.25, 0.3) is 0 Å². The zero-order valence-corrected chi connectivity index (χ0v) is 20.3. The Kier molecular flexibility index (Phi) is 7.42. The summed E-state index contributed by atoms with van der Waals surface area (Å²) in [7, 11) is 2.11. The van der Waals surface area contributed by atoms with Crippen molar-refractivity contribution in [3.05, 3.63) is 58.7 Å². The lowest BCUT2D eigenvalue weighted by Gasteiger charge is -2.32. The van der Waals surface area contributed by atoms with Crippen molar-refractivity contribution < 1.29 is 9.53 Å². The van der Waals surface area contributed by atoms with E-state index in [4.69, 9.17) is 4.74 Å². The molecular formula is C25H31N7O2. The van der Waals surface area contributed by atoms with Gasteiger partial charge in [0.15, 0.2) is 0 Å². The molecule has 1 aliphatic heterocycles. The van der Waals surface area contributed by atoms with Crippen LogP contribution in [0.25, 0.3) is 0 Å². The van der Waals surface area contributed by atoms with Gasteiger partial charge in [0.1, 0.15) is 11.6 Å². The Balaban J connectivity index is 1.49. The van der Waals surface area contributed by atoms with Crippen LogP contribution in [-0.2, 0) is 24.1 Å². The van der Waals surface area contributed by atoms with E-state index in [2.05, 4.69) is 41.8 Å². The molecule has 1 aliphatic rings. The van der Waals surface area contributed by atoms with Gasteiger partial charge in [0.2, 0.25) is 5.95 Å². The van der Waals surface area contributed by atoms with Crippen LogP contribution in [0.5, 0.6) is 12.0 Å². The van der Waals surface area contributed by atoms with E-state index in [1.807, 2.05) is 51.1 Å². The molecule has 3 aromatic rings. The molecule has 2 aromatic heterocycles. The molecule has 9 heteroatoms. The van der Waals surface area contributed by atoms with Crippen LogP contribution in [-0.4, -0.2) is 68.8 Å². The van der Waals surface area contributed by atoms with E-state index in [1.54, 1.807) is 0 Å². The lowest BCUT2D eigenvalue weighted by Crippen LogP contribution is -2.45. The standard InChI is InChI=1S/C25H31N7O2/c1-5-22-28-23(32-13-11-31(4)12-14-32)30-25(29-22)34-24-26-17(2)21(18(3)27-24)16-20(33)15-19-9-7-6-8-10-19/h6-10H,5,11-16H2,1-4H3. The SMILES string of the molecule is CCc1nc(Oc2nc(C)c(CC(=O)Cc3ccccc3)c(C)n2)nc(N2CCN(C)CC2)n1. The summed E-state index contributed by atoms with van der Waals surface area (Å²) in [6, 6.07) is 10.1. The quantitative estimate of drug-likeness (QED) is 0.501. The van der Waals surface area contributed by atoms with Gasteiger partial charge >= 0.3 is 12.0 Å². The highest BCUT2D eigenvalue weighted by molar-refractivity contribution is 5.83. The van der Waals surface area contributed by atoms with Gasteiger partial charge in [-0.2, -0.15) is 24.9 Å². The van der Waals surface area contributed by atoms with Crippen LogP contribution in [0, 0.1) is 13.8 Å². The zero-order valence-electron chi connectivity index (χ0n) is 20.3. The predicted molar refractivity (Wildman–Crippen MR) is 129 cm³/mol. The van der Waals surface area contributed by atoms with E-state index in [-0.39, 0.29) is 24.2 Å². The molecule has 0 spiro atoms. The first kappa shape index (κ1) is 23.7. The average Bonchev–Trinajstić information content (AvgIpc) is 2.82. The predicted octanol–water partition coefficient (Wildman–Crippen LogP) is 2.74. The number of carbonyl (C=O) groups excluding carboxylic acids is 1. The molecule has 1 saturated heterocycles. The summed E-state index contributed by atoms with van der Waals surface area (Å²) < 4.78 is 5.88. The third kappa shape index (κ3) is 5.91. The van der Waals surface area contributed by atoms with Crippen LogP contribution in [0.15, 0.2) is 30.3 Å². The Morgan fingerprint density at radius 1 is 0.882 bits per heavy atom. The second-order valence-electron chi connectivity index (χ2n) is 8.61. The van der Waals surface area contributed by atoms with Gasteiger partial charge in [-0.15, -0.1) is 0 Å². The number of anilines is 1. The maximum absolute atomic E-state index is 12.6. The molecule has 0 amide bonds. The molecule has 3 heterocycles. The number of nitrogens with zero attached hydrogens (tertiary/aromatic N) is 7. The van der Waals surface area contributed by atoms with Gasteiger partial charge in [0.05, 0.1) is 0 Å². The molecule has 1 aromatic carbocycles. The summed E-state index contributed by atoms with van der Waals surface area (Å²) >= 11 is 0. The van der Waals surface area contributed by atoms with Gasteiger partial charge in [-0.25, -0.2) is 0 Å². The molecule has 0 aliphatic carbocycles. The first-order valence-electron chi connectivity index (χ1n) is 11.7. The molecule has 1 fully saturated rings. The van der Waals surface area contributed by atoms with Crippen molar-refractivity contribution in [3.63, 3.8) is 0 Å². The fourth-order valence-corrected chi connectivity index (χ4v) is 3.91. The number of Topliss-reactive ketones (excluding diaryl/α,β-unsaturated/α-hetero) is 1. The van der Waals surface area contributed by atoms with Gasteiger partial charge in [-0.3, -0.25) is 4.79 Å². The van der Waals surface area contributed by atoms with Crippen molar-refractivity contribution in [1.29, 1.82) is 0 Å². The molecular weight excluding hydrogens is 430 g/mol. The van der Waals surface area contributed by atoms with Gasteiger partial charge in [-0.1, -0.05) is 37.3 Å².